The molecule has 1 nitrogen and oxygen atoms in total. The first kappa shape index (κ1) is 15.6. The summed E-state index contributed by atoms with van der Waals surface area (Å²) >= 11 is 0. The maximum atomic E-state index is 5.42. The zero-order valence-corrected chi connectivity index (χ0v) is 12.4. The lowest BCUT2D eigenvalue weighted by molar-refractivity contribution is 0.208. The van der Waals surface area contributed by atoms with Crippen molar-refractivity contribution in [3.63, 3.8) is 0 Å². The molecule has 1 atom stereocenters. The molecule has 0 bridgehead atoms. The molecule has 18 heavy (non-hydrogen) atoms. The summed E-state index contributed by atoms with van der Waals surface area (Å²) in [6, 6.07) is 0.670. The Balaban J connectivity index is 2.36. The van der Waals surface area contributed by atoms with Crippen molar-refractivity contribution in [2.45, 2.75) is 77.7 Å². The monoisotopic (exact) mass is 249 g/mol. The van der Waals surface area contributed by atoms with Gasteiger partial charge in [-0.25, -0.2) is 0 Å². The van der Waals surface area contributed by atoms with Gasteiger partial charge in [-0.1, -0.05) is 39.5 Å². The molecule has 1 fully saturated rings. The molecule has 0 aromatic carbocycles. The number of nitrogens with one attached hydrogen (secondary N) is 1. The second-order valence-electron chi connectivity index (χ2n) is 5.87. The smallest absolute Gasteiger partial charge is 0.0104 e. The Bertz CT molecular complexity index is 232. The summed E-state index contributed by atoms with van der Waals surface area (Å²) < 4.78 is 0. The van der Waals surface area contributed by atoms with Crippen LogP contribution in [-0.2, 0) is 0 Å². The largest absolute Gasteiger partial charge is 0.314 e. The average molecular weight is 249 g/mol. The van der Waals surface area contributed by atoms with Crippen molar-refractivity contribution in [2.75, 3.05) is 6.54 Å². The van der Waals surface area contributed by atoms with Crippen LogP contribution >= 0.6 is 0 Å². The fourth-order valence-corrected chi connectivity index (χ4v) is 3.36. The minimum atomic E-state index is 0.670. The molecule has 1 aliphatic carbocycles. The molecule has 0 aromatic heterocycles. The Morgan fingerprint density at radius 2 is 1.89 bits per heavy atom. The summed E-state index contributed by atoms with van der Waals surface area (Å²) in [5.41, 5.74) is 0. The molecule has 0 spiro atoms. The van der Waals surface area contributed by atoms with Crippen LogP contribution in [0.25, 0.3) is 0 Å². The van der Waals surface area contributed by atoms with Crippen molar-refractivity contribution in [3.8, 4) is 12.3 Å². The lowest BCUT2D eigenvalue weighted by Crippen LogP contribution is -2.38. The summed E-state index contributed by atoms with van der Waals surface area (Å²) in [4.78, 5) is 0. The number of hydrogen-bond acceptors (Lipinski definition) is 1. The first-order valence-electron chi connectivity index (χ1n) is 7.98. The van der Waals surface area contributed by atoms with Crippen LogP contribution < -0.4 is 5.32 Å². The third-order valence-electron chi connectivity index (χ3n) is 4.41. The van der Waals surface area contributed by atoms with E-state index in [-0.39, 0.29) is 0 Å². The predicted molar refractivity (Wildman–Crippen MR) is 80.5 cm³/mol. The van der Waals surface area contributed by atoms with E-state index in [2.05, 4.69) is 25.1 Å². The molecule has 0 saturated heterocycles. The van der Waals surface area contributed by atoms with Crippen molar-refractivity contribution in [1.29, 1.82) is 0 Å². The molecular weight excluding hydrogens is 218 g/mol. The highest BCUT2D eigenvalue weighted by molar-refractivity contribution is 4.89. The van der Waals surface area contributed by atoms with Gasteiger partial charge in [0.25, 0.3) is 0 Å². The van der Waals surface area contributed by atoms with Crippen LogP contribution in [0.15, 0.2) is 0 Å². The third kappa shape index (κ3) is 5.44. The van der Waals surface area contributed by atoms with Gasteiger partial charge in [-0.15, -0.1) is 12.3 Å². The molecule has 1 unspecified atom stereocenters. The van der Waals surface area contributed by atoms with Crippen LogP contribution in [0.4, 0.5) is 0 Å². The SMILES string of the molecule is C#CCCC(NCCC)C1CCC(CCC)CC1. The molecule has 0 aromatic rings. The van der Waals surface area contributed by atoms with Gasteiger partial charge in [0.2, 0.25) is 0 Å². The molecule has 0 amide bonds. The van der Waals surface area contributed by atoms with Gasteiger partial charge in [0, 0.05) is 12.5 Å². The van der Waals surface area contributed by atoms with Crippen molar-refractivity contribution < 1.29 is 0 Å². The normalized spacial score (nSPS) is 25.6. The molecule has 1 rings (SSSR count). The lowest BCUT2D eigenvalue weighted by Gasteiger charge is -2.34. The zero-order chi connectivity index (χ0) is 13.2. The number of terminal acetylenes is 1. The minimum absolute atomic E-state index is 0.670. The van der Waals surface area contributed by atoms with E-state index >= 15 is 0 Å². The van der Waals surface area contributed by atoms with E-state index in [9.17, 15) is 0 Å². The molecular formula is C17H31N. The van der Waals surface area contributed by atoms with Crippen molar-refractivity contribution >= 4 is 0 Å². The van der Waals surface area contributed by atoms with Gasteiger partial charge in [0.05, 0.1) is 0 Å². The van der Waals surface area contributed by atoms with E-state index < -0.39 is 0 Å². The molecule has 0 aliphatic heterocycles. The van der Waals surface area contributed by atoms with Gasteiger partial charge in [-0.05, 0) is 44.1 Å². The fraction of sp³-hybridized carbons (Fsp3) is 0.882. The Morgan fingerprint density at radius 1 is 1.17 bits per heavy atom. The molecule has 1 aliphatic rings. The standard InChI is InChI=1S/C17H31N/c1-4-7-9-17(18-14-6-3)16-12-10-15(8-5-2)11-13-16/h1,15-18H,5-14H2,2-3H3. The summed E-state index contributed by atoms with van der Waals surface area (Å²) in [6.07, 6.45) is 17.2. The quantitative estimate of drug-likeness (QED) is 0.630. The minimum Gasteiger partial charge on any atom is -0.314 e. The van der Waals surface area contributed by atoms with Gasteiger partial charge in [0.1, 0.15) is 0 Å². The van der Waals surface area contributed by atoms with Gasteiger partial charge in [-0.2, -0.15) is 0 Å². The highest BCUT2D eigenvalue weighted by atomic mass is 14.9. The summed E-state index contributed by atoms with van der Waals surface area (Å²) in [6.45, 7) is 5.69. The molecule has 1 N–H and O–H groups in total. The maximum Gasteiger partial charge on any atom is 0.0104 e. The van der Waals surface area contributed by atoms with Gasteiger partial charge < -0.3 is 5.32 Å². The highest BCUT2D eigenvalue weighted by Crippen LogP contribution is 2.34. The average Bonchev–Trinajstić information content (AvgIpc) is 2.41. The van der Waals surface area contributed by atoms with Crippen LogP contribution in [0, 0.1) is 24.2 Å². The zero-order valence-electron chi connectivity index (χ0n) is 12.4. The van der Waals surface area contributed by atoms with E-state index in [1.165, 1.54) is 51.4 Å². The van der Waals surface area contributed by atoms with Crippen molar-refractivity contribution in [1.82, 2.24) is 5.32 Å². The second-order valence-corrected chi connectivity index (χ2v) is 5.87. The Kier molecular flexibility index (Phi) is 8.18. The predicted octanol–water partition coefficient (Wildman–Crippen LogP) is 4.37. The highest BCUT2D eigenvalue weighted by Gasteiger charge is 2.26. The van der Waals surface area contributed by atoms with E-state index in [0.717, 1.165) is 24.8 Å². The molecule has 104 valence electrons. The van der Waals surface area contributed by atoms with Crippen molar-refractivity contribution in [2.24, 2.45) is 11.8 Å². The van der Waals surface area contributed by atoms with Crippen LogP contribution in [-0.4, -0.2) is 12.6 Å². The number of hydrogen-bond donors (Lipinski definition) is 1. The van der Waals surface area contributed by atoms with Crippen molar-refractivity contribution in [3.05, 3.63) is 0 Å². The lowest BCUT2D eigenvalue weighted by atomic mass is 9.76. The second kappa shape index (κ2) is 9.45. The Hall–Kier alpha value is -0.480. The van der Waals surface area contributed by atoms with E-state index in [4.69, 9.17) is 6.42 Å². The van der Waals surface area contributed by atoms with Crippen LogP contribution in [0.5, 0.6) is 0 Å². The third-order valence-corrected chi connectivity index (χ3v) is 4.41. The van der Waals surface area contributed by atoms with Crippen LogP contribution in [0.3, 0.4) is 0 Å². The Morgan fingerprint density at radius 3 is 2.44 bits per heavy atom. The van der Waals surface area contributed by atoms with Gasteiger partial charge in [0.15, 0.2) is 0 Å². The summed E-state index contributed by atoms with van der Waals surface area (Å²) in [7, 11) is 0. The first-order chi connectivity index (χ1) is 8.81. The fourth-order valence-electron chi connectivity index (χ4n) is 3.36. The van der Waals surface area contributed by atoms with Gasteiger partial charge >= 0.3 is 0 Å². The number of rotatable bonds is 8. The summed E-state index contributed by atoms with van der Waals surface area (Å²) in [5.74, 6) is 4.68. The Labute approximate surface area is 114 Å². The molecule has 1 saturated carbocycles. The summed E-state index contributed by atoms with van der Waals surface area (Å²) in [5, 5.41) is 3.73. The molecule has 0 heterocycles. The molecule has 1 heteroatoms. The van der Waals surface area contributed by atoms with E-state index in [0.29, 0.717) is 6.04 Å². The molecule has 0 radical (unpaired) electrons. The van der Waals surface area contributed by atoms with Crippen LogP contribution in [0.2, 0.25) is 0 Å². The topological polar surface area (TPSA) is 12.0 Å². The first-order valence-corrected chi connectivity index (χ1v) is 7.98. The van der Waals surface area contributed by atoms with Crippen LogP contribution in [0.1, 0.15) is 71.6 Å². The maximum absolute atomic E-state index is 5.42. The van der Waals surface area contributed by atoms with E-state index in [1.54, 1.807) is 0 Å². The van der Waals surface area contributed by atoms with Gasteiger partial charge in [-0.3, -0.25) is 0 Å². The van der Waals surface area contributed by atoms with E-state index in [1.807, 2.05) is 0 Å².